The Hall–Kier alpha value is -5.41. The molecule has 19 N–H and O–H groups in total. The first-order valence-electron chi connectivity index (χ1n) is 35.5. The topological polar surface area (TPSA) is 556 Å². The zero-order valence-electron chi connectivity index (χ0n) is 59.4. The molecule has 594 valence electrons. The van der Waals surface area contributed by atoms with E-state index in [1.807, 2.05) is 0 Å². The smallest absolute Gasteiger partial charge is 0.242 e. The van der Waals surface area contributed by atoms with E-state index in [4.69, 9.17) is 47.4 Å². The Balaban J connectivity index is 1.32. The molecular formula is C65H115N9O29. The maximum absolute atomic E-state index is 13.8. The van der Waals surface area contributed by atoms with Gasteiger partial charge in [0.2, 0.25) is 47.3 Å². The molecule has 20 atom stereocenters. The molecule has 103 heavy (non-hydrogen) atoms. The summed E-state index contributed by atoms with van der Waals surface area (Å²) in [6.07, 6.45) is -10.1. The molecule has 0 aromatic rings. The summed E-state index contributed by atoms with van der Waals surface area (Å²) in [7, 11) is 1.56. The van der Waals surface area contributed by atoms with Gasteiger partial charge in [0.25, 0.3) is 0 Å². The molecule has 0 aromatic heterocycles. The van der Waals surface area contributed by atoms with E-state index < -0.39 is 171 Å². The van der Waals surface area contributed by atoms with Crippen molar-refractivity contribution < 1.29 is 142 Å². The summed E-state index contributed by atoms with van der Waals surface area (Å²) in [6.45, 7) is 0.349. The van der Waals surface area contributed by atoms with Crippen LogP contribution in [-0.4, -0.2) is 339 Å². The molecule has 16 unspecified atom stereocenters. The molecule has 8 amide bonds. The number of carbonyl (C=O) groups is 9. The van der Waals surface area contributed by atoms with Crippen molar-refractivity contribution in [3.05, 3.63) is 0 Å². The maximum Gasteiger partial charge on any atom is 0.242 e. The van der Waals surface area contributed by atoms with Crippen LogP contribution in [0.25, 0.3) is 0 Å². The van der Waals surface area contributed by atoms with E-state index in [0.717, 1.165) is 44.9 Å². The lowest BCUT2D eigenvalue weighted by Gasteiger charge is -2.42. The monoisotopic (exact) mass is 1490 g/mol. The van der Waals surface area contributed by atoms with Gasteiger partial charge in [-0.05, 0) is 32.1 Å². The van der Waals surface area contributed by atoms with Gasteiger partial charge in [0.1, 0.15) is 84.9 Å². The van der Waals surface area contributed by atoms with Crippen LogP contribution in [0.3, 0.4) is 0 Å². The van der Waals surface area contributed by atoms with Crippen molar-refractivity contribution in [3.63, 3.8) is 0 Å². The summed E-state index contributed by atoms with van der Waals surface area (Å²) >= 11 is 0. The fraction of sp³-hybridized carbons (Fsp3) is 0.862. The summed E-state index contributed by atoms with van der Waals surface area (Å²) in [4.78, 5) is 116. The molecule has 1 saturated carbocycles. The van der Waals surface area contributed by atoms with Crippen LogP contribution in [0.15, 0.2) is 0 Å². The zero-order valence-corrected chi connectivity index (χ0v) is 59.4. The van der Waals surface area contributed by atoms with E-state index in [0.29, 0.717) is 25.7 Å². The van der Waals surface area contributed by atoms with Gasteiger partial charge in [-0.3, -0.25) is 48.5 Å². The van der Waals surface area contributed by atoms with Gasteiger partial charge in [0.15, 0.2) is 18.9 Å². The maximum atomic E-state index is 13.8. The number of ketones is 1. The molecule has 0 radical (unpaired) electrons. The molecule has 3 heterocycles. The number of unbranched alkanes of at least 4 members (excludes halogenated alkanes) is 7. The van der Waals surface area contributed by atoms with Crippen LogP contribution in [0, 0.1) is 0 Å². The van der Waals surface area contributed by atoms with Gasteiger partial charge in [-0.25, -0.2) is 0 Å². The second-order valence-electron chi connectivity index (χ2n) is 25.8. The first-order valence-corrected chi connectivity index (χ1v) is 35.5. The van der Waals surface area contributed by atoms with Gasteiger partial charge in [-0.1, -0.05) is 38.5 Å². The number of hydrogen-bond acceptors (Lipinski definition) is 30. The van der Waals surface area contributed by atoms with E-state index in [1.165, 1.54) is 20.8 Å². The third kappa shape index (κ3) is 33.5. The molecule has 0 bridgehead atoms. The average Bonchev–Trinajstić information content (AvgIpc) is 1.44. The van der Waals surface area contributed by atoms with Gasteiger partial charge < -0.3 is 141 Å². The van der Waals surface area contributed by atoms with Crippen LogP contribution >= 0.6 is 0 Å². The molecule has 0 spiro atoms. The Morgan fingerprint density at radius 3 is 1.23 bits per heavy atom. The van der Waals surface area contributed by atoms with Gasteiger partial charge in [-0.15, -0.1) is 0 Å². The number of ether oxygens (including phenoxy) is 10. The van der Waals surface area contributed by atoms with Crippen molar-refractivity contribution in [3.8, 4) is 0 Å². The van der Waals surface area contributed by atoms with Gasteiger partial charge in [0.05, 0.1) is 110 Å². The van der Waals surface area contributed by atoms with Crippen molar-refractivity contribution in [1.82, 2.24) is 47.9 Å². The number of aliphatic hydroxyl groups excluding tert-OH is 10. The van der Waals surface area contributed by atoms with Crippen LogP contribution in [0.5, 0.6) is 0 Å². The van der Waals surface area contributed by atoms with Crippen LogP contribution in [0.2, 0.25) is 0 Å². The molecule has 0 aromatic carbocycles. The predicted molar refractivity (Wildman–Crippen MR) is 357 cm³/mol. The number of hydrogen-bond donors (Lipinski definition) is 19. The average molecular weight is 1490 g/mol. The van der Waals surface area contributed by atoms with Crippen molar-refractivity contribution in [1.29, 1.82) is 0 Å². The first kappa shape index (κ1) is 90.0. The number of Topliss-reactive ketones (excluding diaryl/α,β-unsaturated/α-hetero) is 1. The predicted octanol–water partition coefficient (Wildman–Crippen LogP) is -7.61. The fourth-order valence-electron chi connectivity index (χ4n) is 12.0. The minimum atomic E-state index is -1.54. The summed E-state index contributed by atoms with van der Waals surface area (Å²) in [5.41, 5.74) is 0. The highest BCUT2D eigenvalue weighted by molar-refractivity contribution is 5.89. The SMILES string of the molecule is CO[C@@H]1C[C@@H](O)C[C@@H]1NC(=O)CCCCCCCCCCC(=O)CNC(CCC(=O)NC(CCC(=O)NCCOCCOC1OC(CO)C(O)C(O)C1NC(C)=O)C(=O)NCCOCCOC1O[C@H](CO)C(O)C(O)C1NC(C)=O)C(=O)NCCOCCOC1OC(CO)C(O)C(O)C1NC(C)=O. The normalized spacial score (nSPS) is 28.3. The van der Waals surface area contributed by atoms with Gasteiger partial charge in [-0.2, -0.15) is 0 Å². The quantitative estimate of drug-likeness (QED) is 0.0252. The number of rotatable bonds is 52. The summed E-state index contributed by atoms with van der Waals surface area (Å²) in [5, 5.41) is 125. The molecule has 3 saturated heterocycles. The van der Waals surface area contributed by atoms with E-state index in [-0.39, 0.29) is 142 Å². The van der Waals surface area contributed by atoms with E-state index in [9.17, 15) is 94.2 Å². The molecule has 38 heteroatoms. The lowest BCUT2D eigenvalue weighted by atomic mass is 9.97. The van der Waals surface area contributed by atoms with E-state index in [1.54, 1.807) is 7.11 Å². The Labute approximate surface area is 599 Å². The van der Waals surface area contributed by atoms with Crippen molar-refractivity contribution >= 4 is 53.0 Å². The lowest BCUT2D eigenvalue weighted by molar-refractivity contribution is -0.272. The van der Waals surface area contributed by atoms with Crippen molar-refractivity contribution in [2.75, 3.05) is 113 Å². The highest BCUT2D eigenvalue weighted by Crippen LogP contribution is 2.26. The summed E-state index contributed by atoms with van der Waals surface area (Å²) in [5.74, 6) is -4.45. The molecule has 4 aliphatic rings. The van der Waals surface area contributed by atoms with Crippen LogP contribution in [-0.2, 0) is 90.5 Å². The third-order valence-corrected chi connectivity index (χ3v) is 17.5. The van der Waals surface area contributed by atoms with Crippen LogP contribution < -0.4 is 47.9 Å². The molecule has 4 rings (SSSR count). The van der Waals surface area contributed by atoms with Gasteiger partial charge >= 0.3 is 0 Å². The standard InChI is InChI=1S/C65H115N9O29/c1-37(78)70-52-58(89)55(86)46(34-75)101-63(52)98-28-25-95-22-19-66-49(83)17-16-43(62(93)68-21-24-97-27-30-100-65-54(72-39(3)80)60(91)57(88)48(36-77)103-65)73-51(85)18-15-42(61(92)67-20-23-96-26-29-99-64-53(71-38(2)79)59(90)56(87)47(35-76)102-64)69-33-40(81)13-11-9-7-5-6-8-10-12-14-50(84)74-44-31-41(82)32-45(44)94-4/h41-48,52-60,63-65,69,75-77,82,86-91H,5-36H2,1-4H3,(H,66,83)(H,67,92)(H,68,93)(H,70,78)(H,71,79)(H,72,80)(H,73,85)(H,74,84)/t41-,42?,43?,44-,45+,46?,47?,48+,52?,53?,54?,55?,56?,57?,58?,59?,60?,63?,64?,65?/m0/s1. The fourth-order valence-corrected chi connectivity index (χ4v) is 12.0. The highest BCUT2D eigenvalue weighted by Gasteiger charge is 2.48. The number of amides is 8. The number of aliphatic hydroxyl groups is 10. The third-order valence-electron chi connectivity index (χ3n) is 17.5. The lowest BCUT2D eigenvalue weighted by Crippen LogP contribution is -2.64. The molecule has 4 fully saturated rings. The van der Waals surface area contributed by atoms with Crippen LogP contribution in [0.4, 0.5) is 0 Å². The van der Waals surface area contributed by atoms with Crippen LogP contribution in [0.1, 0.15) is 124 Å². The highest BCUT2D eigenvalue weighted by atomic mass is 16.7. The van der Waals surface area contributed by atoms with Crippen molar-refractivity contribution in [2.45, 2.75) is 246 Å². The Bertz CT molecular complexity index is 2520. The van der Waals surface area contributed by atoms with Gasteiger partial charge in [0, 0.05) is 79.6 Å². The summed E-state index contributed by atoms with van der Waals surface area (Å²) < 4.78 is 55.8. The minimum Gasteiger partial charge on any atom is -0.394 e. The largest absolute Gasteiger partial charge is 0.394 e. The molecule has 38 nitrogen and oxygen atoms in total. The Kier molecular flexibility index (Phi) is 43.9. The Morgan fingerprint density at radius 1 is 0.427 bits per heavy atom. The second kappa shape index (κ2) is 50.2. The van der Waals surface area contributed by atoms with Crippen molar-refractivity contribution in [2.24, 2.45) is 0 Å². The second-order valence-corrected chi connectivity index (χ2v) is 25.8. The molecule has 3 aliphatic heterocycles. The molecular weight excluding hydrogens is 1370 g/mol. The number of methoxy groups -OCH3 is 1. The zero-order chi connectivity index (χ0) is 75.8. The first-order chi connectivity index (χ1) is 49.3. The Morgan fingerprint density at radius 2 is 0.816 bits per heavy atom. The summed E-state index contributed by atoms with van der Waals surface area (Å²) in [6, 6.07) is -6.18. The molecule has 1 aliphatic carbocycles. The van der Waals surface area contributed by atoms with E-state index >= 15 is 0 Å². The van der Waals surface area contributed by atoms with E-state index in [2.05, 4.69) is 47.9 Å². The number of carbonyl (C=O) groups excluding carboxylic acids is 9. The minimum absolute atomic E-state index is 0.0153. The number of nitrogens with one attached hydrogen (secondary N) is 9.